The lowest BCUT2D eigenvalue weighted by molar-refractivity contribution is 0.102. The summed E-state index contributed by atoms with van der Waals surface area (Å²) in [6.07, 6.45) is 3.42. The molecule has 0 saturated carbocycles. The van der Waals surface area contributed by atoms with Gasteiger partial charge in [0.25, 0.3) is 0 Å². The zero-order valence-electron chi connectivity index (χ0n) is 11.2. The molecule has 7 heteroatoms. The van der Waals surface area contributed by atoms with Gasteiger partial charge in [-0.05, 0) is 12.1 Å². The molecule has 0 unspecified atom stereocenters. The van der Waals surface area contributed by atoms with E-state index in [1.54, 1.807) is 12.1 Å². The van der Waals surface area contributed by atoms with Gasteiger partial charge in [-0.3, -0.25) is 9.89 Å². The van der Waals surface area contributed by atoms with E-state index in [0.29, 0.717) is 5.56 Å². The van der Waals surface area contributed by atoms with Crippen molar-refractivity contribution >= 4 is 11.5 Å². The maximum absolute atomic E-state index is 13.8. The van der Waals surface area contributed by atoms with E-state index in [1.807, 2.05) is 0 Å². The van der Waals surface area contributed by atoms with Gasteiger partial charge in [0, 0.05) is 17.2 Å². The van der Waals surface area contributed by atoms with Gasteiger partial charge in [-0.1, -0.05) is 18.2 Å². The molecule has 0 amide bonds. The Labute approximate surface area is 123 Å². The minimum absolute atomic E-state index is 0.0485. The number of furan rings is 1. The minimum atomic E-state index is -0.614. The van der Waals surface area contributed by atoms with Crippen molar-refractivity contribution in [1.82, 2.24) is 15.2 Å². The molecule has 0 spiro atoms. The average Bonchev–Trinajstić information content (AvgIpc) is 3.19. The van der Waals surface area contributed by atoms with Crippen LogP contribution in [0.4, 0.5) is 4.39 Å². The van der Waals surface area contributed by atoms with Crippen molar-refractivity contribution < 1.29 is 18.7 Å². The van der Waals surface area contributed by atoms with Crippen molar-refractivity contribution in [3.8, 4) is 11.1 Å². The van der Waals surface area contributed by atoms with Gasteiger partial charge in [-0.15, -0.1) is 0 Å². The number of aliphatic hydroxyl groups is 1. The third-order valence-electron chi connectivity index (χ3n) is 2.98. The predicted molar refractivity (Wildman–Crippen MR) is 75.4 cm³/mol. The molecule has 0 aliphatic carbocycles. The summed E-state index contributed by atoms with van der Waals surface area (Å²) >= 11 is 0. The lowest BCUT2D eigenvalue weighted by atomic mass is 10.0. The number of hydrogen-bond donors (Lipinski definition) is 2. The van der Waals surface area contributed by atoms with Gasteiger partial charge in [-0.2, -0.15) is 5.10 Å². The van der Waals surface area contributed by atoms with Gasteiger partial charge in [0.15, 0.2) is 17.3 Å². The van der Waals surface area contributed by atoms with E-state index < -0.39 is 17.4 Å². The molecule has 22 heavy (non-hydrogen) atoms. The van der Waals surface area contributed by atoms with Gasteiger partial charge < -0.3 is 9.52 Å². The number of aliphatic hydroxyl groups excluding tert-OH is 1. The second-order valence-corrected chi connectivity index (χ2v) is 4.37. The first kappa shape index (κ1) is 13.7. The van der Waals surface area contributed by atoms with Crippen LogP contribution in [0.1, 0.15) is 16.4 Å². The monoisotopic (exact) mass is 299 g/mol. The smallest absolute Gasteiger partial charge is 0.225 e. The lowest BCUT2D eigenvalue weighted by Gasteiger charge is -2.02. The zero-order chi connectivity index (χ0) is 15.5. The molecule has 0 fully saturated rings. The van der Waals surface area contributed by atoms with Crippen LogP contribution in [0.3, 0.4) is 0 Å². The summed E-state index contributed by atoms with van der Waals surface area (Å²) in [5.41, 5.74) is 0.553. The number of carbonyl (C=O) groups excluding carboxylic acids is 1. The largest absolute Gasteiger partial charge is 0.504 e. The van der Waals surface area contributed by atoms with Crippen LogP contribution in [0.25, 0.3) is 16.9 Å². The van der Waals surface area contributed by atoms with E-state index in [2.05, 4.69) is 15.2 Å². The van der Waals surface area contributed by atoms with E-state index in [4.69, 9.17) is 4.42 Å². The Kier molecular flexibility index (Phi) is 3.53. The normalized spacial score (nSPS) is 11.6. The Bertz CT molecular complexity index is 837. The molecule has 0 saturated heterocycles. The number of H-pyrrole nitrogens is 1. The van der Waals surface area contributed by atoms with Crippen molar-refractivity contribution in [2.24, 2.45) is 0 Å². The van der Waals surface area contributed by atoms with Crippen LogP contribution in [-0.4, -0.2) is 26.1 Å². The molecule has 2 aromatic heterocycles. The molecule has 3 aromatic rings. The molecule has 0 radical (unpaired) electrons. The van der Waals surface area contributed by atoms with Gasteiger partial charge in [0.2, 0.25) is 5.78 Å². The quantitative estimate of drug-likeness (QED) is 0.439. The number of nitrogens with one attached hydrogen (secondary N) is 1. The molecule has 3 rings (SSSR count). The predicted octanol–water partition coefficient (Wildman–Crippen LogP) is 2.99. The molecule has 2 heterocycles. The fourth-order valence-electron chi connectivity index (χ4n) is 1.98. The van der Waals surface area contributed by atoms with Gasteiger partial charge in [0.05, 0.1) is 6.26 Å². The number of hydrogen-bond acceptors (Lipinski definition) is 5. The number of halogens is 1. The third-order valence-corrected chi connectivity index (χ3v) is 2.98. The molecular weight excluding hydrogens is 289 g/mol. The summed E-state index contributed by atoms with van der Waals surface area (Å²) in [4.78, 5) is 15.9. The summed E-state index contributed by atoms with van der Waals surface area (Å²) in [5, 5.41) is 15.8. The topological polar surface area (TPSA) is 92.0 Å². The van der Waals surface area contributed by atoms with Gasteiger partial charge in [0.1, 0.15) is 12.1 Å². The Morgan fingerprint density at radius 1 is 1.27 bits per heavy atom. The molecule has 0 aliphatic rings. The number of carbonyl (C=O) groups is 1. The Morgan fingerprint density at radius 2 is 2.09 bits per heavy atom. The van der Waals surface area contributed by atoms with Crippen molar-refractivity contribution in [3.05, 3.63) is 66.4 Å². The standard InChI is InChI=1S/C15H10FN3O3/c16-11-4-2-1-3-9(11)10-5-6-22-14(10)12(20)7-13(21)15-17-8-18-19-15/h1-8,21H,(H,17,18,19). The van der Waals surface area contributed by atoms with Gasteiger partial charge in [-0.25, -0.2) is 9.37 Å². The molecule has 6 nitrogen and oxygen atoms in total. The summed E-state index contributed by atoms with van der Waals surface area (Å²) in [7, 11) is 0. The van der Waals surface area contributed by atoms with Crippen LogP contribution in [0.15, 0.2) is 53.4 Å². The first-order chi connectivity index (χ1) is 10.7. The molecule has 110 valence electrons. The molecule has 0 bridgehead atoms. The molecular formula is C15H10FN3O3. The molecule has 2 N–H and O–H groups in total. The maximum Gasteiger partial charge on any atom is 0.225 e. The first-order valence-electron chi connectivity index (χ1n) is 6.30. The molecule has 1 aromatic carbocycles. The fraction of sp³-hybridized carbons (Fsp3) is 0. The zero-order valence-corrected chi connectivity index (χ0v) is 11.2. The number of nitrogens with zero attached hydrogens (tertiary/aromatic N) is 2. The highest BCUT2D eigenvalue weighted by Gasteiger charge is 2.18. The Balaban J connectivity index is 1.97. The van der Waals surface area contributed by atoms with Crippen LogP contribution in [0.2, 0.25) is 0 Å². The second-order valence-electron chi connectivity index (χ2n) is 4.37. The van der Waals surface area contributed by atoms with Crippen molar-refractivity contribution in [2.45, 2.75) is 0 Å². The van der Waals surface area contributed by atoms with E-state index in [1.165, 1.54) is 30.8 Å². The highest BCUT2D eigenvalue weighted by atomic mass is 19.1. The fourth-order valence-corrected chi connectivity index (χ4v) is 1.98. The number of aromatic nitrogens is 3. The van der Waals surface area contributed by atoms with Crippen molar-refractivity contribution in [1.29, 1.82) is 0 Å². The number of ketones is 1. The highest BCUT2D eigenvalue weighted by molar-refractivity contribution is 6.09. The number of benzene rings is 1. The average molecular weight is 299 g/mol. The third kappa shape index (κ3) is 2.51. The summed E-state index contributed by atoms with van der Waals surface area (Å²) in [6, 6.07) is 7.53. The first-order valence-corrected chi connectivity index (χ1v) is 6.30. The van der Waals surface area contributed by atoms with Crippen molar-refractivity contribution in [3.63, 3.8) is 0 Å². The SMILES string of the molecule is O=C(C=C(O)c1ncn[nH]1)c1occc1-c1ccccc1F. The van der Waals surface area contributed by atoms with Crippen LogP contribution in [0.5, 0.6) is 0 Å². The van der Waals surface area contributed by atoms with Crippen molar-refractivity contribution in [2.75, 3.05) is 0 Å². The lowest BCUT2D eigenvalue weighted by Crippen LogP contribution is -1.98. The van der Waals surface area contributed by atoms with Crippen LogP contribution >= 0.6 is 0 Å². The van der Waals surface area contributed by atoms with E-state index in [0.717, 1.165) is 6.08 Å². The van der Waals surface area contributed by atoms with Gasteiger partial charge >= 0.3 is 0 Å². The molecule has 0 aliphatic heterocycles. The minimum Gasteiger partial charge on any atom is -0.504 e. The summed E-state index contributed by atoms with van der Waals surface area (Å²) < 4.78 is 19.0. The highest BCUT2D eigenvalue weighted by Crippen LogP contribution is 2.28. The number of rotatable bonds is 4. The van der Waals surface area contributed by atoms with Crippen LogP contribution in [-0.2, 0) is 0 Å². The Morgan fingerprint density at radius 3 is 2.82 bits per heavy atom. The van der Waals surface area contributed by atoms with E-state index >= 15 is 0 Å². The van der Waals surface area contributed by atoms with E-state index in [-0.39, 0.29) is 17.1 Å². The van der Waals surface area contributed by atoms with Crippen LogP contribution < -0.4 is 0 Å². The molecule has 0 atom stereocenters. The Hall–Kier alpha value is -3.22. The number of aromatic amines is 1. The van der Waals surface area contributed by atoms with Crippen LogP contribution in [0, 0.1) is 5.82 Å². The number of allylic oxidation sites excluding steroid dienone is 1. The maximum atomic E-state index is 13.8. The van der Waals surface area contributed by atoms with E-state index in [9.17, 15) is 14.3 Å². The second kappa shape index (κ2) is 5.65. The summed E-state index contributed by atoms with van der Waals surface area (Å²) in [5.74, 6) is -1.50. The summed E-state index contributed by atoms with van der Waals surface area (Å²) in [6.45, 7) is 0.